The van der Waals surface area contributed by atoms with Crippen LogP contribution in [0.5, 0.6) is 0 Å². The lowest BCUT2D eigenvalue weighted by Crippen LogP contribution is -2.28. The van der Waals surface area contributed by atoms with Crippen LogP contribution in [0.4, 0.5) is 5.69 Å². The van der Waals surface area contributed by atoms with E-state index in [1.54, 1.807) is 16.5 Å². The van der Waals surface area contributed by atoms with Gasteiger partial charge < -0.3 is 4.90 Å². The van der Waals surface area contributed by atoms with Crippen molar-refractivity contribution in [2.45, 2.75) is 19.0 Å². The van der Waals surface area contributed by atoms with Crippen LogP contribution in [0.1, 0.15) is 11.1 Å². The number of aromatic nitrogens is 4. The molecular formula is C26H23N5O2S. The van der Waals surface area contributed by atoms with Crippen LogP contribution in [0, 0.1) is 13.8 Å². The predicted molar refractivity (Wildman–Crippen MR) is 136 cm³/mol. The highest BCUT2D eigenvalue weighted by molar-refractivity contribution is 7.99. The molecule has 5 rings (SSSR count). The van der Waals surface area contributed by atoms with Crippen molar-refractivity contribution < 1.29 is 4.79 Å². The molecule has 3 aromatic carbocycles. The Bertz CT molecular complexity index is 1570. The molecule has 170 valence electrons. The van der Waals surface area contributed by atoms with Crippen LogP contribution in [-0.4, -0.2) is 37.9 Å². The third-order valence-electron chi connectivity index (χ3n) is 5.90. The van der Waals surface area contributed by atoms with Gasteiger partial charge in [0.25, 0.3) is 5.56 Å². The second kappa shape index (κ2) is 8.79. The largest absolute Gasteiger partial charge is 0.315 e. The van der Waals surface area contributed by atoms with E-state index in [0.717, 1.165) is 22.5 Å². The summed E-state index contributed by atoms with van der Waals surface area (Å²) in [6.07, 6.45) is 0. The average molecular weight is 470 g/mol. The lowest BCUT2D eigenvalue weighted by Gasteiger charge is -2.17. The first-order valence-corrected chi connectivity index (χ1v) is 11.9. The summed E-state index contributed by atoms with van der Waals surface area (Å²) in [4.78, 5) is 28.1. The van der Waals surface area contributed by atoms with Crippen LogP contribution in [0.25, 0.3) is 22.4 Å². The van der Waals surface area contributed by atoms with E-state index in [1.807, 2.05) is 91.0 Å². The predicted octanol–water partition coefficient (Wildman–Crippen LogP) is 4.41. The van der Waals surface area contributed by atoms with Crippen molar-refractivity contribution in [3.8, 4) is 5.69 Å². The summed E-state index contributed by atoms with van der Waals surface area (Å²) in [6, 6.07) is 22.8. The monoisotopic (exact) mass is 469 g/mol. The first-order chi connectivity index (χ1) is 16.5. The quantitative estimate of drug-likeness (QED) is 0.357. The molecular weight excluding hydrogens is 446 g/mol. The summed E-state index contributed by atoms with van der Waals surface area (Å²) >= 11 is 1.30. The Labute approximate surface area is 200 Å². The lowest BCUT2D eigenvalue weighted by atomic mass is 10.1. The van der Waals surface area contributed by atoms with Gasteiger partial charge in [0.2, 0.25) is 11.7 Å². The number of anilines is 1. The van der Waals surface area contributed by atoms with Gasteiger partial charge in [0.05, 0.1) is 22.3 Å². The molecule has 0 atom stereocenters. The standard InChI is InChI=1S/C26H23N5O2S/c1-17-10-9-11-18(2)23(17)31-24(33)20-14-7-8-15-21(20)30-25(31)27-28-26(30)34-16-22(32)29(3)19-12-5-4-6-13-19/h4-15H,16H2,1-3H3. The molecule has 5 aromatic rings. The van der Waals surface area contributed by atoms with Crippen LogP contribution < -0.4 is 10.5 Å². The van der Waals surface area contributed by atoms with Crippen LogP contribution >= 0.6 is 11.8 Å². The molecule has 0 fully saturated rings. The average Bonchev–Trinajstić information content (AvgIpc) is 3.28. The Morgan fingerprint density at radius 3 is 2.32 bits per heavy atom. The van der Waals surface area contributed by atoms with E-state index in [0.29, 0.717) is 21.8 Å². The summed E-state index contributed by atoms with van der Waals surface area (Å²) in [6.45, 7) is 3.95. The van der Waals surface area contributed by atoms with E-state index in [2.05, 4.69) is 10.2 Å². The molecule has 0 saturated carbocycles. The van der Waals surface area contributed by atoms with E-state index in [1.165, 1.54) is 11.8 Å². The highest BCUT2D eigenvalue weighted by Gasteiger charge is 2.21. The fraction of sp³-hybridized carbons (Fsp3) is 0.154. The first kappa shape index (κ1) is 21.9. The second-order valence-electron chi connectivity index (χ2n) is 8.09. The van der Waals surface area contributed by atoms with Gasteiger partial charge in [-0.25, -0.2) is 4.57 Å². The molecule has 2 heterocycles. The fourth-order valence-corrected chi connectivity index (χ4v) is 5.00. The third-order valence-corrected chi connectivity index (χ3v) is 6.81. The number of hydrogen-bond donors (Lipinski definition) is 0. The van der Waals surface area contributed by atoms with Gasteiger partial charge in [-0.1, -0.05) is 60.3 Å². The number of rotatable bonds is 5. The smallest absolute Gasteiger partial charge is 0.267 e. The molecule has 0 bridgehead atoms. The molecule has 0 spiro atoms. The minimum absolute atomic E-state index is 0.0553. The SMILES string of the molecule is Cc1cccc(C)c1-n1c(=O)c2ccccc2n2c(SCC(=O)N(C)c3ccccc3)nnc12. The maximum atomic E-state index is 13.6. The van der Waals surface area contributed by atoms with Crippen molar-refractivity contribution in [1.82, 2.24) is 19.2 Å². The normalized spacial score (nSPS) is 11.3. The minimum Gasteiger partial charge on any atom is -0.315 e. The van der Waals surface area contributed by atoms with E-state index in [-0.39, 0.29) is 17.2 Å². The molecule has 0 saturated heterocycles. The van der Waals surface area contributed by atoms with E-state index < -0.39 is 0 Å². The Kier molecular flexibility index (Phi) is 5.67. The topological polar surface area (TPSA) is 72.5 Å². The molecule has 34 heavy (non-hydrogen) atoms. The minimum atomic E-state index is -0.149. The van der Waals surface area contributed by atoms with E-state index in [4.69, 9.17) is 0 Å². The molecule has 7 nitrogen and oxygen atoms in total. The maximum absolute atomic E-state index is 13.6. The maximum Gasteiger partial charge on any atom is 0.267 e. The molecule has 2 aromatic heterocycles. The van der Waals surface area contributed by atoms with Crippen molar-refractivity contribution in [3.05, 3.63) is 94.3 Å². The zero-order valence-electron chi connectivity index (χ0n) is 19.1. The number of fused-ring (bicyclic) bond motifs is 3. The van der Waals surface area contributed by atoms with Crippen molar-refractivity contribution in [2.75, 3.05) is 17.7 Å². The summed E-state index contributed by atoms with van der Waals surface area (Å²) in [7, 11) is 1.76. The van der Waals surface area contributed by atoms with Crippen molar-refractivity contribution >= 4 is 40.0 Å². The first-order valence-electron chi connectivity index (χ1n) is 10.9. The fourth-order valence-electron chi connectivity index (χ4n) is 4.15. The molecule has 0 radical (unpaired) electrons. The van der Waals surface area contributed by atoms with Crippen LogP contribution in [-0.2, 0) is 4.79 Å². The summed E-state index contributed by atoms with van der Waals surface area (Å²) in [5, 5.41) is 9.90. The number of para-hydroxylation sites is 3. The lowest BCUT2D eigenvalue weighted by molar-refractivity contribution is -0.115. The van der Waals surface area contributed by atoms with Gasteiger partial charge in [-0.05, 0) is 49.2 Å². The Morgan fingerprint density at radius 2 is 1.59 bits per heavy atom. The van der Waals surface area contributed by atoms with Crippen molar-refractivity contribution in [2.24, 2.45) is 0 Å². The summed E-state index contributed by atoms with van der Waals surface area (Å²) < 4.78 is 3.49. The molecule has 0 unspecified atom stereocenters. The number of amides is 1. The molecule has 0 aliphatic carbocycles. The highest BCUT2D eigenvalue weighted by Crippen LogP contribution is 2.26. The van der Waals surface area contributed by atoms with Crippen molar-refractivity contribution in [3.63, 3.8) is 0 Å². The van der Waals surface area contributed by atoms with Crippen molar-refractivity contribution in [1.29, 1.82) is 0 Å². The molecule has 1 amide bonds. The number of aryl methyl sites for hydroxylation is 2. The summed E-state index contributed by atoms with van der Waals surface area (Å²) in [5.74, 6) is 0.552. The van der Waals surface area contributed by atoms with Gasteiger partial charge in [0, 0.05) is 12.7 Å². The number of thioether (sulfide) groups is 1. The number of carbonyl (C=O) groups is 1. The van der Waals surface area contributed by atoms with Gasteiger partial charge in [-0.15, -0.1) is 10.2 Å². The number of carbonyl (C=O) groups excluding carboxylic acids is 1. The second-order valence-corrected chi connectivity index (χ2v) is 9.04. The van der Waals surface area contributed by atoms with Crippen LogP contribution in [0.2, 0.25) is 0 Å². The highest BCUT2D eigenvalue weighted by atomic mass is 32.2. The van der Waals surface area contributed by atoms with Gasteiger partial charge in [0.15, 0.2) is 5.16 Å². The molecule has 0 aliphatic rings. The zero-order valence-corrected chi connectivity index (χ0v) is 19.9. The Hall–Kier alpha value is -3.91. The number of nitrogens with zero attached hydrogens (tertiary/aromatic N) is 5. The number of hydrogen-bond acceptors (Lipinski definition) is 5. The van der Waals surface area contributed by atoms with E-state index >= 15 is 0 Å². The third kappa shape index (κ3) is 3.66. The summed E-state index contributed by atoms with van der Waals surface area (Å²) in [5.41, 5.74) is 4.12. The Morgan fingerprint density at radius 1 is 0.912 bits per heavy atom. The van der Waals surface area contributed by atoms with E-state index in [9.17, 15) is 9.59 Å². The zero-order chi connectivity index (χ0) is 23.8. The van der Waals surface area contributed by atoms with Gasteiger partial charge in [-0.3, -0.25) is 14.0 Å². The molecule has 0 aliphatic heterocycles. The van der Waals surface area contributed by atoms with Gasteiger partial charge in [-0.2, -0.15) is 0 Å². The van der Waals surface area contributed by atoms with Crippen LogP contribution in [0.3, 0.4) is 0 Å². The van der Waals surface area contributed by atoms with Gasteiger partial charge >= 0.3 is 0 Å². The molecule has 8 heteroatoms. The Balaban J connectivity index is 1.62. The van der Waals surface area contributed by atoms with Crippen LogP contribution in [0.15, 0.2) is 82.7 Å². The number of benzene rings is 3. The molecule has 0 N–H and O–H groups in total. The van der Waals surface area contributed by atoms with Gasteiger partial charge in [0.1, 0.15) is 0 Å².